The van der Waals surface area contributed by atoms with Crippen LogP contribution in [0.4, 0.5) is 13.2 Å². The predicted molar refractivity (Wildman–Crippen MR) is 120 cm³/mol. The number of amides is 2. The van der Waals surface area contributed by atoms with Crippen molar-refractivity contribution in [2.45, 2.75) is 43.6 Å². The topological polar surface area (TPSA) is 70.7 Å². The Labute approximate surface area is 196 Å². The number of carbonyl (C=O) groups is 2. The fraction of sp³-hybridized carbons (Fsp3) is 0.440. The van der Waals surface area contributed by atoms with Gasteiger partial charge in [-0.2, -0.15) is 13.2 Å². The fourth-order valence-corrected chi connectivity index (χ4v) is 4.63. The van der Waals surface area contributed by atoms with Gasteiger partial charge < -0.3 is 15.4 Å². The zero-order valence-corrected chi connectivity index (χ0v) is 18.7. The summed E-state index contributed by atoms with van der Waals surface area (Å²) in [6.45, 7) is 1.99. The van der Waals surface area contributed by atoms with Crippen LogP contribution in [0.2, 0.25) is 0 Å². The Hall–Kier alpha value is -2.91. The molecule has 2 N–H and O–H groups in total. The lowest BCUT2D eigenvalue weighted by atomic mass is 9.96. The second-order valence-corrected chi connectivity index (χ2v) is 8.76. The smallest absolute Gasteiger partial charge is 0.373 e. The Balaban J connectivity index is 1.23. The first-order chi connectivity index (χ1) is 16.3. The maximum atomic E-state index is 12.8. The van der Waals surface area contributed by atoms with E-state index in [0.29, 0.717) is 12.6 Å². The highest BCUT2D eigenvalue weighted by molar-refractivity contribution is 5.96. The predicted octanol–water partition coefficient (Wildman–Crippen LogP) is 3.55. The van der Waals surface area contributed by atoms with E-state index >= 15 is 0 Å². The van der Waals surface area contributed by atoms with Crippen LogP contribution in [0, 0.1) is 0 Å². The molecule has 2 amide bonds. The minimum atomic E-state index is -4.53. The van der Waals surface area contributed by atoms with Crippen LogP contribution in [-0.2, 0) is 15.7 Å². The van der Waals surface area contributed by atoms with Gasteiger partial charge in [0.1, 0.15) is 0 Å². The van der Waals surface area contributed by atoms with E-state index in [-0.39, 0.29) is 30.2 Å². The van der Waals surface area contributed by atoms with Crippen LogP contribution < -0.4 is 10.6 Å². The lowest BCUT2D eigenvalue weighted by Gasteiger charge is -2.35. The summed E-state index contributed by atoms with van der Waals surface area (Å²) in [7, 11) is 0. The number of rotatable bonds is 6. The molecule has 6 nitrogen and oxygen atoms in total. The Bertz CT molecular complexity index is 1000. The van der Waals surface area contributed by atoms with Gasteiger partial charge in [-0.1, -0.05) is 36.4 Å². The number of ether oxygens (including phenoxy) is 1. The molecule has 0 aromatic heterocycles. The summed E-state index contributed by atoms with van der Waals surface area (Å²) in [6, 6.07) is 14.6. The van der Waals surface area contributed by atoms with Crippen LogP contribution in [-0.4, -0.2) is 55.0 Å². The summed E-state index contributed by atoms with van der Waals surface area (Å²) < 4.78 is 44.5. The van der Waals surface area contributed by atoms with Crippen molar-refractivity contribution in [2.24, 2.45) is 0 Å². The van der Waals surface area contributed by atoms with E-state index in [1.165, 1.54) is 17.7 Å². The third-order valence-corrected chi connectivity index (χ3v) is 6.39. The second-order valence-electron chi connectivity index (χ2n) is 8.76. The van der Waals surface area contributed by atoms with Crippen molar-refractivity contribution in [1.29, 1.82) is 0 Å². The van der Waals surface area contributed by atoms with Crippen molar-refractivity contribution in [2.75, 3.05) is 26.2 Å². The van der Waals surface area contributed by atoms with E-state index < -0.39 is 17.6 Å². The van der Waals surface area contributed by atoms with Gasteiger partial charge in [0.15, 0.2) is 0 Å². The van der Waals surface area contributed by atoms with Crippen LogP contribution in [0.15, 0.2) is 54.6 Å². The first-order valence-electron chi connectivity index (χ1n) is 11.4. The van der Waals surface area contributed by atoms with Crippen molar-refractivity contribution in [3.8, 4) is 0 Å². The number of hydrogen-bond acceptors (Lipinski definition) is 4. The summed E-state index contributed by atoms with van der Waals surface area (Å²) in [5.74, 6) is -1.08. The minimum absolute atomic E-state index is 0.0315. The van der Waals surface area contributed by atoms with Crippen LogP contribution in [0.25, 0.3) is 0 Å². The summed E-state index contributed by atoms with van der Waals surface area (Å²) in [6.07, 6.45) is -1.82. The van der Waals surface area contributed by atoms with Gasteiger partial charge in [-0.3, -0.25) is 14.5 Å². The second kappa shape index (κ2) is 10.6. The lowest BCUT2D eigenvalue weighted by molar-refractivity contribution is -0.137. The molecule has 2 aromatic rings. The SMILES string of the molecule is O=C(CNC(=O)c1cccc(C(F)(F)F)c1)N[C@@H]1CCN(C2CCOC(c3ccccc3)C2)C1. The third-order valence-electron chi connectivity index (χ3n) is 6.39. The number of alkyl halides is 3. The van der Waals surface area contributed by atoms with Crippen LogP contribution in [0.1, 0.15) is 46.9 Å². The van der Waals surface area contributed by atoms with E-state index in [1.54, 1.807) is 0 Å². The molecule has 0 aliphatic carbocycles. The number of hydrogen-bond donors (Lipinski definition) is 2. The fourth-order valence-electron chi connectivity index (χ4n) is 4.63. The van der Waals surface area contributed by atoms with Gasteiger partial charge in [-0.25, -0.2) is 0 Å². The number of nitrogens with zero attached hydrogens (tertiary/aromatic N) is 1. The molecule has 2 aliphatic rings. The minimum Gasteiger partial charge on any atom is -0.373 e. The first-order valence-corrected chi connectivity index (χ1v) is 11.4. The van der Waals surface area contributed by atoms with Gasteiger partial charge in [0.25, 0.3) is 5.91 Å². The molecule has 4 rings (SSSR count). The molecule has 3 atom stereocenters. The molecule has 0 saturated carbocycles. The van der Waals surface area contributed by atoms with Crippen molar-refractivity contribution in [3.63, 3.8) is 0 Å². The van der Waals surface area contributed by atoms with Crippen LogP contribution in [0.3, 0.4) is 0 Å². The number of benzene rings is 2. The summed E-state index contributed by atoms with van der Waals surface area (Å²) in [5, 5.41) is 5.33. The van der Waals surface area contributed by atoms with Gasteiger partial charge in [0, 0.05) is 37.3 Å². The maximum absolute atomic E-state index is 12.8. The molecule has 34 heavy (non-hydrogen) atoms. The largest absolute Gasteiger partial charge is 0.416 e. The molecule has 2 aliphatic heterocycles. The van der Waals surface area contributed by atoms with Crippen molar-refractivity contribution < 1.29 is 27.5 Å². The Kier molecular flexibility index (Phi) is 7.53. The van der Waals surface area contributed by atoms with Gasteiger partial charge in [0.05, 0.1) is 18.2 Å². The highest BCUT2D eigenvalue weighted by atomic mass is 19.4. The van der Waals surface area contributed by atoms with Crippen molar-refractivity contribution in [3.05, 3.63) is 71.3 Å². The lowest BCUT2D eigenvalue weighted by Crippen LogP contribution is -2.45. The zero-order chi connectivity index (χ0) is 24.1. The molecule has 2 saturated heterocycles. The average Bonchev–Trinajstić information content (AvgIpc) is 3.31. The number of halogens is 3. The molecule has 0 spiro atoms. The van der Waals surface area contributed by atoms with Gasteiger partial charge in [0.2, 0.25) is 5.91 Å². The Morgan fingerprint density at radius 3 is 2.62 bits per heavy atom. The zero-order valence-electron chi connectivity index (χ0n) is 18.7. The molecule has 2 unspecified atom stereocenters. The van der Waals surface area contributed by atoms with Crippen molar-refractivity contribution in [1.82, 2.24) is 15.5 Å². The Morgan fingerprint density at radius 2 is 1.85 bits per heavy atom. The molecule has 9 heteroatoms. The Morgan fingerprint density at radius 1 is 1.06 bits per heavy atom. The summed E-state index contributed by atoms with van der Waals surface area (Å²) in [5.41, 5.74) is 0.133. The molecule has 0 radical (unpaired) electrons. The molecule has 2 aromatic carbocycles. The normalized spacial score (nSPS) is 23.4. The average molecular weight is 476 g/mol. The van der Waals surface area contributed by atoms with Gasteiger partial charge in [-0.15, -0.1) is 0 Å². The first kappa shape index (κ1) is 24.2. The van der Waals surface area contributed by atoms with E-state index in [0.717, 1.165) is 44.5 Å². The highest BCUT2D eigenvalue weighted by Crippen LogP contribution is 2.32. The number of nitrogens with one attached hydrogen (secondary N) is 2. The van der Waals surface area contributed by atoms with Crippen LogP contribution in [0.5, 0.6) is 0 Å². The van der Waals surface area contributed by atoms with E-state index in [1.807, 2.05) is 18.2 Å². The summed E-state index contributed by atoms with van der Waals surface area (Å²) in [4.78, 5) is 26.9. The molecule has 0 bridgehead atoms. The molecule has 182 valence electrons. The number of carbonyl (C=O) groups excluding carboxylic acids is 2. The van der Waals surface area contributed by atoms with Gasteiger partial charge >= 0.3 is 6.18 Å². The van der Waals surface area contributed by atoms with E-state index in [9.17, 15) is 22.8 Å². The summed E-state index contributed by atoms with van der Waals surface area (Å²) >= 11 is 0. The van der Waals surface area contributed by atoms with Gasteiger partial charge in [-0.05, 0) is 43.0 Å². The third kappa shape index (κ3) is 6.15. The van der Waals surface area contributed by atoms with Crippen molar-refractivity contribution >= 4 is 11.8 Å². The molecule has 2 heterocycles. The maximum Gasteiger partial charge on any atom is 0.416 e. The van der Waals surface area contributed by atoms with Crippen LogP contribution >= 0.6 is 0 Å². The monoisotopic (exact) mass is 475 g/mol. The number of likely N-dealkylation sites (tertiary alicyclic amines) is 1. The van der Waals surface area contributed by atoms with E-state index in [2.05, 4.69) is 27.7 Å². The quantitative estimate of drug-likeness (QED) is 0.671. The standard InChI is InChI=1S/C25H28F3N3O3/c26-25(27,28)19-8-4-7-18(13-19)24(33)29-15-23(32)30-20-9-11-31(16-20)21-10-12-34-22(14-21)17-5-2-1-3-6-17/h1-8,13,20-22H,9-12,14-16H2,(H,29,33)(H,30,32)/t20-,21?,22?/m1/s1. The van der Waals surface area contributed by atoms with E-state index in [4.69, 9.17) is 4.74 Å². The molecule has 2 fully saturated rings. The highest BCUT2D eigenvalue weighted by Gasteiger charge is 2.33. The molecular weight excluding hydrogens is 447 g/mol. The molecular formula is C25H28F3N3O3.